The van der Waals surface area contributed by atoms with Crippen LogP contribution in [0, 0.1) is 0 Å². The van der Waals surface area contributed by atoms with Gasteiger partial charge in [0.1, 0.15) is 11.6 Å². The molecule has 0 N–H and O–H groups in total. The van der Waals surface area contributed by atoms with Crippen molar-refractivity contribution < 1.29 is 14.0 Å². The molecule has 1 saturated heterocycles. The third-order valence-corrected chi connectivity index (χ3v) is 5.66. The largest absolute Gasteiger partial charge is 0.455 e. The van der Waals surface area contributed by atoms with E-state index in [4.69, 9.17) is 4.42 Å². The third kappa shape index (κ3) is 5.29. The lowest BCUT2D eigenvalue weighted by Gasteiger charge is -2.33. The number of hydrogen-bond acceptors (Lipinski definition) is 7. The van der Waals surface area contributed by atoms with Crippen LogP contribution in [-0.2, 0) is 17.0 Å². The van der Waals surface area contributed by atoms with E-state index >= 15 is 0 Å². The fraction of sp³-hybridized carbons (Fsp3) is 0.500. The molecular formula is C20H27N5O3S. The summed E-state index contributed by atoms with van der Waals surface area (Å²) in [4.78, 5) is 38.6. The molecule has 2 aromatic rings. The Bertz CT molecular complexity index is 875. The van der Waals surface area contributed by atoms with Crippen molar-refractivity contribution in [3.8, 4) is 0 Å². The number of carbonyl (C=O) groups excluding carboxylic acids is 2. The maximum absolute atomic E-state index is 12.7. The van der Waals surface area contributed by atoms with Crippen LogP contribution in [0.4, 0.5) is 5.82 Å². The molecule has 0 aromatic carbocycles. The van der Waals surface area contributed by atoms with Crippen LogP contribution in [0.2, 0.25) is 0 Å². The van der Waals surface area contributed by atoms with Gasteiger partial charge in [-0.1, -0.05) is 18.7 Å². The Labute approximate surface area is 175 Å². The molecular weight excluding hydrogens is 390 g/mol. The zero-order valence-electron chi connectivity index (χ0n) is 17.3. The van der Waals surface area contributed by atoms with Crippen LogP contribution in [0.3, 0.4) is 0 Å². The van der Waals surface area contributed by atoms with Crippen LogP contribution in [-0.4, -0.2) is 71.9 Å². The first-order valence-corrected chi connectivity index (χ1v) is 10.7. The summed E-state index contributed by atoms with van der Waals surface area (Å²) in [5, 5.41) is 0.692. The molecule has 1 aliphatic heterocycles. The number of hydrogen-bond donors (Lipinski definition) is 0. The number of furan rings is 1. The maximum atomic E-state index is 12.7. The van der Waals surface area contributed by atoms with E-state index in [-0.39, 0.29) is 11.8 Å². The van der Waals surface area contributed by atoms with Gasteiger partial charge >= 0.3 is 0 Å². The lowest BCUT2D eigenvalue weighted by molar-refractivity contribution is -0.130. The van der Waals surface area contributed by atoms with Crippen LogP contribution in [0.25, 0.3) is 0 Å². The zero-order valence-corrected chi connectivity index (χ0v) is 18.2. The predicted octanol–water partition coefficient (Wildman–Crippen LogP) is 2.29. The smallest absolute Gasteiger partial charge is 0.289 e. The summed E-state index contributed by atoms with van der Waals surface area (Å²) in [5.41, 5.74) is 0.992. The topological polar surface area (TPSA) is 82.8 Å². The minimum atomic E-state index is -0.136. The summed E-state index contributed by atoms with van der Waals surface area (Å²) in [6, 6.07) is 5.52. The number of thioether (sulfide) groups is 1. The molecule has 0 saturated carbocycles. The fourth-order valence-electron chi connectivity index (χ4n) is 3.02. The number of rotatable bonds is 6. The molecule has 0 radical (unpaired) electrons. The lowest BCUT2D eigenvalue weighted by Crippen LogP contribution is -2.50. The highest BCUT2D eigenvalue weighted by molar-refractivity contribution is 7.98. The summed E-state index contributed by atoms with van der Waals surface area (Å²) < 4.78 is 5.77. The van der Waals surface area contributed by atoms with E-state index in [1.54, 1.807) is 22.8 Å². The zero-order chi connectivity index (χ0) is 21.0. The Hall–Kier alpha value is -2.55. The van der Waals surface area contributed by atoms with Crippen molar-refractivity contribution in [3.05, 3.63) is 35.4 Å². The molecule has 1 fully saturated rings. The maximum Gasteiger partial charge on any atom is 0.289 e. The van der Waals surface area contributed by atoms with Crippen molar-refractivity contribution in [2.45, 2.75) is 31.2 Å². The first-order valence-electron chi connectivity index (χ1n) is 9.69. The molecule has 0 unspecified atom stereocenters. The van der Waals surface area contributed by atoms with Gasteiger partial charge in [-0.3, -0.25) is 9.59 Å². The molecule has 0 atom stereocenters. The summed E-state index contributed by atoms with van der Waals surface area (Å²) in [5.74, 6) is 2.36. The number of aryl methyl sites for hydroxylation is 1. The molecule has 8 nitrogen and oxygen atoms in total. The van der Waals surface area contributed by atoms with Gasteiger partial charge in [0.15, 0.2) is 10.9 Å². The molecule has 3 heterocycles. The Morgan fingerprint density at radius 1 is 1.14 bits per heavy atom. The highest BCUT2D eigenvalue weighted by Gasteiger charge is 2.25. The summed E-state index contributed by atoms with van der Waals surface area (Å²) >= 11 is 1.49. The Morgan fingerprint density at radius 2 is 1.83 bits per heavy atom. The molecule has 3 rings (SSSR count). The Kier molecular flexibility index (Phi) is 6.79. The van der Waals surface area contributed by atoms with Gasteiger partial charge in [0.05, 0.1) is 5.75 Å². The first kappa shape index (κ1) is 21.2. The van der Waals surface area contributed by atoms with Gasteiger partial charge in [0, 0.05) is 59.0 Å². The molecule has 0 bridgehead atoms. The van der Waals surface area contributed by atoms with Gasteiger partial charge in [0.25, 0.3) is 5.91 Å². The Morgan fingerprint density at radius 3 is 2.45 bits per heavy atom. The SMILES string of the molecule is CCc1cc(N(C)C)nc(SCc2ccc(C(=O)N3CCN(C(C)=O)CC3)o2)n1. The number of carbonyl (C=O) groups is 2. The van der Waals surface area contributed by atoms with E-state index in [9.17, 15) is 9.59 Å². The van der Waals surface area contributed by atoms with E-state index in [1.807, 2.05) is 31.1 Å². The number of amides is 2. The second-order valence-electron chi connectivity index (χ2n) is 7.10. The normalized spacial score (nSPS) is 14.2. The molecule has 2 aromatic heterocycles. The fourth-order valence-corrected chi connectivity index (χ4v) is 3.79. The number of aromatic nitrogens is 2. The van der Waals surface area contributed by atoms with Crippen LogP contribution in [0.15, 0.2) is 27.8 Å². The molecule has 1 aliphatic rings. The average Bonchev–Trinajstić information content (AvgIpc) is 3.20. The minimum absolute atomic E-state index is 0.0428. The van der Waals surface area contributed by atoms with Gasteiger partial charge in [-0.05, 0) is 18.6 Å². The monoisotopic (exact) mass is 417 g/mol. The molecule has 0 aliphatic carbocycles. The van der Waals surface area contributed by atoms with Gasteiger partial charge < -0.3 is 19.1 Å². The van der Waals surface area contributed by atoms with Crippen molar-refractivity contribution in [1.29, 1.82) is 0 Å². The van der Waals surface area contributed by atoms with Gasteiger partial charge in [-0.2, -0.15) is 0 Å². The van der Waals surface area contributed by atoms with Crippen molar-refractivity contribution in [1.82, 2.24) is 19.8 Å². The molecule has 29 heavy (non-hydrogen) atoms. The van der Waals surface area contributed by atoms with Crippen LogP contribution in [0.1, 0.15) is 35.9 Å². The van der Waals surface area contributed by atoms with Crippen molar-refractivity contribution in [2.75, 3.05) is 45.2 Å². The van der Waals surface area contributed by atoms with Crippen LogP contribution < -0.4 is 4.90 Å². The summed E-state index contributed by atoms with van der Waals surface area (Å²) in [6.07, 6.45) is 0.840. The third-order valence-electron chi connectivity index (χ3n) is 4.79. The second-order valence-corrected chi connectivity index (χ2v) is 8.04. The van der Waals surface area contributed by atoms with Crippen LogP contribution in [0.5, 0.6) is 0 Å². The highest BCUT2D eigenvalue weighted by atomic mass is 32.2. The highest BCUT2D eigenvalue weighted by Crippen LogP contribution is 2.24. The predicted molar refractivity (Wildman–Crippen MR) is 112 cm³/mol. The van der Waals surface area contributed by atoms with E-state index in [2.05, 4.69) is 16.9 Å². The standard InChI is InChI=1S/C20H27N5O3S/c1-5-15-12-18(23(3)4)22-20(21-15)29-13-16-6-7-17(28-16)19(27)25-10-8-24(9-11-25)14(2)26/h6-7,12H,5,8-11,13H2,1-4H3. The second kappa shape index (κ2) is 9.30. The van der Waals surface area contributed by atoms with E-state index in [1.165, 1.54) is 11.8 Å². The quantitative estimate of drug-likeness (QED) is 0.527. The average molecular weight is 418 g/mol. The lowest BCUT2D eigenvalue weighted by atomic mass is 10.3. The van der Waals surface area contributed by atoms with E-state index in [0.717, 1.165) is 17.9 Å². The summed E-state index contributed by atoms with van der Waals surface area (Å²) in [7, 11) is 3.91. The molecule has 9 heteroatoms. The van der Waals surface area contributed by atoms with Crippen LogP contribution >= 0.6 is 11.8 Å². The van der Waals surface area contributed by atoms with E-state index in [0.29, 0.717) is 48.6 Å². The molecule has 2 amide bonds. The Balaban J connectivity index is 1.60. The summed E-state index contributed by atoms with van der Waals surface area (Å²) in [6.45, 7) is 5.78. The van der Waals surface area contributed by atoms with Crippen molar-refractivity contribution in [3.63, 3.8) is 0 Å². The van der Waals surface area contributed by atoms with Gasteiger partial charge in [-0.25, -0.2) is 9.97 Å². The van der Waals surface area contributed by atoms with Gasteiger partial charge in [0.2, 0.25) is 5.91 Å². The van der Waals surface area contributed by atoms with Crippen molar-refractivity contribution >= 4 is 29.4 Å². The molecule has 0 spiro atoms. The minimum Gasteiger partial charge on any atom is -0.455 e. The number of nitrogens with zero attached hydrogens (tertiary/aromatic N) is 5. The molecule has 156 valence electrons. The van der Waals surface area contributed by atoms with Gasteiger partial charge in [-0.15, -0.1) is 0 Å². The first-order chi connectivity index (χ1) is 13.9. The van der Waals surface area contributed by atoms with E-state index < -0.39 is 0 Å². The number of anilines is 1. The number of piperazine rings is 1. The van der Waals surface area contributed by atoms with Crippen molar-refractivity contribution in [2.24, 2.45) is 0 Å².